The number of ether oxygens (including phenoxy) is 1. The number of hydrogen-bond acceptors (Lipinski definition) is 4. The van der Waals surface area contributed by atoms with Crippen LogP contribution in [0.4, 0.5) is 0 Å². The van der Waals surface area contributed by atoms with Gasteiger partial charge in [0.25, 0.3) is 5.91 Å². The van der Waals surface area contributed by atoms with Gasteiger partial charge in [0, 0.05) is 24.6 Å². The quantitative estimate of drug-likeness (QED) is 0.354. The van der Waals surface area contributed by atoms with E-state index in [0.717, 1.165) is 17.3 Å². The smallest absolute Gasteiger partial charge is 0.254 e. The molecule has 1 amide bonds. The number of halogens is 1. The van der Waals surface area contributed by atoms with Gasteiger partial charge in [-0.2, -0.15) is 0 Å². The highest BCUT2D eigenvalue weighted by molar-refractivity contribution is 9.10. The Bertz CT molecular complexity index is 558. The van der Waals surface area contributed by atoms with Gasteiger partial charge >= 0.3 is 0 Å². The van der Waals surface area contributed by atoms with Gasteiger partial charge in [0.05, 0.1) is 11.6 Å². The van der Waals surface area contributed by atoms with E-state index in [-0.39, 0.29) is 17.8 Å². The van der Waals surface area contributed by atoms with Crippen molar-refractivity contribution >= 4 is 27.7 Å². The minimum absolute atomic E-state index is 0.0495. The number of nitrogens with zero attached hydrogens (tertiary/aromatic N) is 2. The molecule has 0 radical (unpaired) electrons. The Kier molecular flexibility index (Phi) is 5.06. The van der Waals surface area contributed by atoms with Gasteiger partial charge in [-0.15, -0.1) is 0 Å². The molecule has 0 unspecified atom stereocenters. The third kappa shape index (κ3) is 3.87. The average Bonchev–Trinajstić information content (AvgIpc) is 3.31. The lowest BCUT2D eigenvalue weighted by molar-refractivity contribution is 0.0747. The van der Waals surface area contributed by atoms with E-state index < -0.39 is 0 Å². The molecule has 0 saturated heterocycles. The zero-order valence-electron chi connectivity index (χ0n) is 11.8. The Labute approximate surface area is 131 Å². The van der Waals surface area contributed by atoms with Gasteiger partial charge < -0.3 is 20.6 Å². The van der Waals surface area contributed by atoms with Crippen molar-refractivity contribution in [3.8, 4) is 5.75 Å². The zero-order valence-corrected chi connectivity index (χ0v) is 13.3. The largest absolute Gasteiger partial charge is 0.496 e. The number of oxime groups is 1. The molecular weight excluding hydrogens is 338 g/mol. The predicted octanol–water partition coefficient (Wildman–Crippen LogP) is 2.20. The van der Waals surface area contributed by atoms with Crippen molar-refractivity contribution in [3.05, 3.63) is 28.2 Å². The number of carbonyl (C=O) groups excluding carboxylic acids is 1. The summed E-state index contributed by atoms with van der Waals surface area (Å²) in [6.07, 6.45) is 2.36. The molecule has 1 aliphatic rings. The molecule has 3 N–H and O–H groups in total. The number of hydrogen-bond donors (Lipinski definition) is 2. The van der Waals surface area contributed by atoms with Crippen LogP contribution in [0.3, 0.4) is 0 Å². The fourth-order valence-corrected chi connectivity index (χ4v) is 2.63. The molecule has 1 fully saturated rings. The fraction of sp³-hybridized carbons (Fsp3) is 0.429. The van der Waals surface area contributed by atoms with Crippen molar-refractivity contribution in [2.24, 2.45) is 10.9 Å². The topological polar surface area (TPSA) is 88.2 Å². The van der Waals surface area contributed by atoms with Crippen LogP contribution in [0.2, 0.25) is 0 Å². The zero-order chi connectivity index (χ0) is 15.4. The van der Waals surface area contributed by atoms with E-state index in [2.05, 4.69) is 21.1 Å². The van der Waals surface area contributed by atoms with Crippen LogP contribution in [0, 0.1) is 0 Å². The van der Waals surface area contributed by atoms with Crippen molar-refractivity contribution in [2.45, 2.75) is 25.3 Å². The van der Waals surface area contributed by atoms with Gasteiger partial charge in [-0.05, 0) is 47.0 Å². The minimum Gasteiger partial charge on any atom is -0.496 e. The van der Waals surface area contributed by atoms with Crippen molar-refractivity contribution in [2.75, 3.05) is 13.7 Å². The molecule has 1 aliphatic carbocycles. The van der Waals surface area contributed by atoms with Crippen molar-refractivity contribution in [1.82, 2.24) is 4.90 Å². The summed E-state index contributed by atoms with van der Waals surface area (Å²) >= 11 is 3.38. The van der Waals surface area contributed by atoms with E-state index >= 15 is 0 Å². The summed E-state index contributed by atoms with van der Waals surface area (Å²) in [4.78, 5) is 14.4. The summed E-state index contributed by atoms with van der Waals surface area (Å²) < 4.78 is 5.90. The first-order valence-electron chi connectivity index (χ1n) is 6.67. The maximum absolute atomic E-state index is 12.6. The van der Waals surface area contributed by atoms with Crippen molar-refractivity contribution < 1.29 is 14.7 Å². The second-order valence-corrected chi connectivity index (χ2v) is 5.77. The van der Waals surface area contributed by atoms with Gasteiger partial charge in [0.2, 0.25) is 0 Å². The molecule has 0 atom stereocenters. The molecule has 0 bridgehead atoms. The van der Waals surface area contributed by atoms with E-state index in [0.29, 0.717) is 24.3 Å². The molecule has 7 heteroatoms. The van der Waals surface area contributed by atoms with Crippen LogP contribution in [-0.2, 0) is 0 Å². The Morgan fingerprint density at radius 1 is 1.57 bits per heavy atom. The minimum atomic E-state index is -0.0495. The van der Waals surface area contributed by atoms with E-state index in [4.69, 9.17) is 15.7 Å². The molecule has 2 rings (SSSR count). The molecule has 114 valence electrons. The highest BCUT2D eigenvalue weighted by atomic mass is 79.9. The molecule has 0 aromatic heterocycles. The first-order chi connectivity index (χ1) is 10.1. The Balaban J connectivity index is 2.12. The lowest BCUT2D eigenvalue weighted by Crippen LogP contribution is -2.35. The summed E-state index contributed by atoms with van der Waals surface area (Å²) in [5, 5.41) is 11.5. The number of amidine groups is 1. The van der Waals surface area contributed by atoms with Crippen LogP contribution in [0.5, 0.6) is 5.75 Å². The maximum Gasteiger partial charge on any atom is 0.254 e. The fourth-order valence-electron chi connectivity index (χ4n) is 2.09. The van der Waals surface area contributed by atoms with Gasteiger partial charge in [-0.3, -0.25) is 4.79 Å². The van der Waals surface area contributed by atoms with Crippen LogP contribution in [0.15, 0.2) is 27.8 Å². The summed E-state index contributed by atoms with van der Waals surface area (Å²) in [5.74, 6) is 0.761. The molecule has 1 saturated carbocycles. The Hall–Kier alpha value is -1.76. The summed E-state index contributed by atoms with van der Waals surface area (Å²) in [7, 11) is 1.58. The summed E-state index contributed by atoms with van der Waals surface area (Å²) in [6, 6.07) is 5.50. The molecule has 21 heavy (non-hydrogen) atoms. The van der Waals surface area contributed by atoms with E-state index in [9.17, 15) is 4.79 Å². The molecule has 6 nitrogen and oxygen atoms in total. The first-order valence-corrected chi connectivity index (χ1v) is 7.47. The number of benzene rings is 1. The Morgan fingerprint density at radius 2 is 2.29 bits per heavy atom. The normalized spacial score (nSPS) is 14.9. The lowest BCUT2D eigenvalue weighted by atomic mass is 10.1. The number of amides is 1. The molecule has 0 aliphatic heterocycles. The third-order valence-electron chi connectivity index (χ3n) is 3.38. The molecule has 0 heterocycles. The van der Waals surface area contributed by atoms with Crippen LogP contribution in [0.25, 0.3) is 0 Å². The highest BCUT2D eigenvalue weighted by Crippen LogP contribution is 2.30. The van der Waals surface area contributed by atoms with E-state index in [1.165, 1.54) is 0 Å². The lowest BCUT2D eigenvalue weighted by Gasteiger charge is -2.22. The molecular formula is C14H18BrN3O3. The van der Waals surface area contributed by atoms with Crippen molar-refractivity contribution in [3.63, 3.8) is 0 Å². The van der Waals surface area contributed by atoms with Gasteiger partial charge in [0.1, 0.15) is 11.6 Å². The van der Waals surface area contributed by atoms with Crippen LogP contribution in [0.1, 0.15) is 29.6 Å². The van der Waals surface area contributed by atoms with Crippen LogP contribution in [-0.4, -0.2) is 41.5 Å². The average molecular weight is 356 g/mol. The van der Waals surface area contributed by atoms with Crippen LogP contribution < -0.4 is 10.5 Å². The van der Waals surface area contributed by atoms with E-state index in [1.54, 1.807) is 30.2 Å². The first kappa shape index (κ1) is 15.6. The third-order valence-corrected chi connectivity index (χ3v) is 4.00. The second kappa shape index (κ2) is 6.80. The number of nitrogens with two attached hydrogens (primary N) is 1. The molecule has 0 spiro atoms. The standard InChI is InChI=1S/C14H18BrN3O3/c1-21-12-5-2-9(8-11(12)15)14(19)18(10-3-4-10)7-6-13(16)17-20/h2,5,8,10,20H,3-4,6-7H2,1H3,(H2,16,17). The van der Waals surface area contributed by atoms with Crippen LogP contribution >= 0.6 is 15.9 Å². The SMILES string of the molecule is COc1ccc(C(=O)N(CCC(N)=NO)C2CC2)cc1Br. The number of rotatable bonds is 6. The van der Waals surface area contributed by atoms with Gasteiger partial charge in [-0.1, -0.05) is 5.16 Å². The van der Waals surface area contributed by atoms with Crippen molar-refractivity contribution in [1.29, 1.82) is 0 Å². The number of methoxy groups -OCH3 is 1. The van der Waals surface area contributed by atoms with E-state index in [1.807, 2.05) is 0 Å². The highest BCUT2D eigenvalue weighted by Gasteiger charge is 2.33. The van der Waals surface area contributed by atoms with Gasteiger partial charge in [0.15, 0.2) is 0 Å². The predicted molar refractivity (Wildman–Crippen MR) is 82.8 cm³/mol. The Morgan fingerprint density at radius 3 is 2.81 bits per heavy atom. The molecule has 1 aromatic rings. The second-order valence-electron chi connectivity index (χ2n) is 4.92. The molecule has 1 aromatic carbocycles. The number of carbonyl (C=O) groups is 1. The maximum atomic E-state index is 12.6. The summed E-state index contributed by atoms with van der Waals surface area (Å²) in [6.45, 7) is 0.447. The monoisotopic (exact) mass is 355 g/mol. The summed E-state index contributed by atoms with van der Waals surface area (Å²) in [5.41, 5.74) is 6.07. The van der Waals surface area contributed by atoms with Gasteiger partial charge in [-0.25, -0.2) is 0 Å².